The molecule has 0 bridgehead atoms. The maximum Gasteiger partial charge on any atom is 0.249 e. The Hall–Kier alpha value is -2.48. The van der Waals surface area contributed by atoms with Gasteiger partial charge in [0.2, 0.25) is 17.6 Å². The third kappa shape index (κ3) is 6.52. The topological polar surface area (TPSA) is 107 Å². The molecule has 9 heteroatoms. The van der Waals surface area contributed by atoms with Gasteiger partial charge in [0, 0.05) is 30.4 Å². The fraction of sp³-hybridized carbons (Fsp3) is 0.300. The zero-order chi connectivity index (χ0) is 19.2. The Morgan fingerprint density at radius 1 is 1.14 bits per heavy atom. The summed E-state index contributed by atoms with van der Waals surface area (Å²) in [7, 11) is 0. The van der Waals surface area contributed by atoms with Crippen LogP contribution in [-0.4, -0.2) is 21.0 Å². The van der Waals surface area contributed by atoms with Crippen LogP contribution in [0.5, 0.6) is 0 Å². The quantitative estimate of drug-likeness (QED) is 0.580. The number of hydrogen-bond acceptors (Lipinski definition) is 6. The Balaban J connectivity index is 0.00000210. The van der Waals surface area contributed by atoms with Gasteiger partial charge >= 0.3 is 0 Å². The predicted molar refractivity (Wildman–Crippen MR) is 116 cm³/mol. The van der Waals surface area contributed by atoms with Crippen molar-refractivity contribution in [2.75, 3.05) is 0 Å². The van der Waals surface area contributed by atoms with E-state index in [1.54, 1.807) is 18.5 Å². The highest BCUT2D eigenvalue weighted by atomic mass is 35.5. The number of aromatic nitrogens is 3. The Morgan fingerprint density at radius 3 is 2.48 bits per heavy atom. The van der Waals surface area contributed by atoms with Gasteiger partial charge in [-0.2, -0.15) is 4.98 Å². The molecule has 0 saturated heterocycles. The van der Waals surface area contributed by atoms with E-state index in [-0.39, 0.29) is 49.1 Å². The molecule has 0 radical (unpaired) electrons. The average Bonchev–Trinajstić information content (AvgIpc) is 3.17. The van der Waals surface area contributed by atoms with E-state index in [1.165, 1.54) is 0 Å². The minimum Gasteiger partial charge on any atom is -0.344 e. The number of benzene rings is 1. The zero-order valence-electron chi connectivity index (χ0n) is 16.2. The number of amides is 1. The van der Waals surface area contributed by atoms with Crippen molar-refractivity contribution >= 4 is 30.7 Å². The Bertz CT molecular complexity index is 875. The monoisotopic (exact) mass is 437 g/mol. The molecule has 7 nitrogen and oxygen atoms in total. The van der Waals surface area contributed by atoms with Crippen molar-refractivity contribution in [1.29, 1.82) is 0 Å². The first-order chi connectivity index (χ1) is 13.0. The molecule has 0 fully saturated rings. The van der Waals surface area contributed by atoms with Gasteiger partial charge in [-0.1, -0.05) is 49.3 Å². The van der Waals surface area contributed by atoms with E-state index in [1.807, 2.05) is 50.2 Å². The number of nitrogens with zero attached hydrogens (tertiary/aromatic N) is 3. The number of pyridine rings is 1. The van der Waals surface area contributed by atoms with Crippen molar-refractivity contribution in [3.63, 3.8) is 0 Å². The maximum atomic E-state index is 12.5. The van der Waals surface area contributed by atoms with Crippen LogP contribution < -0.4 is 11.1 Å². The standard InChI is InChI=1S/C20H23N5O2.2ClH/c1-13(2)18(20-24-19(25-27-20)15-9-6-10-22-12-15)23-17(26)11-16(21)14-7-4-3-5-8-14;;/h3-10,12-13,16,18H,11,21H2,1-2H3,(H,23,26);2*1H. The second kappa shape index (κ2) is 11.5. The summed E-state index contributed by atoms with van der Waals surface area (Å²) in [6, 6.07) is 12.4. The molecule has 2 heterocycles. The Labute approximate surface area is 182 Å². The van der Waals surface area contributed by atoms with Crippen LogP contribution in [0.25, 0.3) is 11.4 Å². The molecule has 3 rings (SSSR count). The number of nitrogens with two attached hydrogens (primary N) is 1. The van der Waals surface area contributed by atoms with Gasteiger partial charge in [-0.15, -0.1) is 24.8 Å². The minimum absolute atomic E-state index is 0. The molecule has 1 aromatic carbocycles. The summed E-state index contributed by atoms with van der Waals surface area (Å²) in [5.74, 6) is 0.722. The van der Waals surface area contributed by atoms with E-state index < -0.39 is 6.04 Å². The SMILES string of the molecule is CC(C)C(NC(=O)CC(N)c1ccccc1)c1nc(-c2cccnc2)no1.Cl.Cl. The molecule has 156 valence electrons. The molecule has 2 unspecified atom stereocenters. The van der Waals surface area contributed by atoms with Crippen LogP contribution in [-0.2, 0) is 4.79 Å². The Kier molecular flexibility index (Phi) is 9.74. The smallest absolute Gasteiger partial charge is 0.249 e. The zero-order valence-corrected chi connectivity index (χ0v) is 17.8. The third-order valence-corrected chi connectivity index (χ3v) is 4.24. The first-order valence-electron chi connectivity index (χ1n) is 8.88. The Morgan fingerprint density at radius 2 is 1.86 bits per heavy atom. The summed E-state index contributed by atoms with van der Waals surface area (Å²) < 4.78 is 5.40. The lowest BCUT2D eigenvalue weighted by Crippen LogP contribution is -2.34. The lowest BCUT2D eigenvalue weighted by atomic mass is 10.0. The van der Waals surface area contributed by atoms with Crippen LogP contribution >= 0.6 is 24.8 Å². The summed E-state index contributed by atoms with van der Waals surface area (Å²) in [6.07, 6.45) is 3.52. The summed E-state index contributed by atoms with van der Waals surface area (Å²) in [5, 5.41) is 6.97. The van der Waals surface area contributed by atoms with Gasteiger partial charge in [-0.25, -0.2) is 0 Å². The van der Waals surface area contributed by atoms with Gasteiger partial charge in [0.05, 0.1) is 0 Å². The van der Waals surface area contributed by atoms with Gasteiger partial charge < -0.3 is 15.6 Å². The molecule has 29 heavy (non-hydrogen) atoms. The molecule has 3 aromatic rings. The summed E-state index contributed by atoms with van der Waals surface area (Å²) in [5.41, 5.74) is 7.83. The third-order valence-electron chi connectivity index (χ3n) is 4.24. The van der Waals surface area contributed by atoms with Crippen molar-refractivity contribution in [2.24, 2.45) is 11.7 Å². The first-order valence-corrected chi connectivity index (χ1v) is 8.88. The molecular weight excluding hydrogens is 413 g/mol. The predicted octanol–water partition coefficient (Wildman–Crippen LogP) is 3.88. The van der Waals surface area contributed by atoms with Crippen molar-refractivity contribution in [2.45, 2.75) is 32.4 Å². The van der Waals surface area contributed by atoms with Crippen molar-refractivity contribution in [1.82, 2.24) is 20.4 Å². The van der Waals surface area contributed by atoms with Crippen molar-refractivity contribution in [3.8, 4) is 11.4 Å². The minimum atomic E-state index is -0.390. The van der Waals surface area contributed by atoms with Crippen LogP contribution in [0, 0.1) is 5.92 Å². The van der Waals surface area contributed by atoms with E-state index in [0.717, 1.165) is 11.1 Å². The summed E-state index contributed by atoms with van der Waals surface area (Å²) >= 11 is 0. The average molecular weight is 438 g/mol. The molecule has 3 N–H and O–H groups in total. The second-order valence-corrected chi connectivity index (χ2v) is 6.71. The maximum absolute atomic E-state index is 12.5. The number of rotatable bonds is 7. The van der Waals surface area contributed by atoms with Crippen LogP contribution in [0.15, 0.2) is 59.4 Å². The van der Waals surface area contributed by atoms with Crippen molar-refractivity contribution in [3.05, 3.63) is 66.3 Å². The molecule has 0 aliphatic heterocycles. The second-order valence-electron chi connectivity index (χ2n) is 6.71. The summed E-state index contributed by atoms with van der Waals surface area (Å²) in [6.45, 7) is 3.96. The van der Waals surface area contributed by atoms with Gasteiger partial charge in [-0.3, -0.25) is 9.78 Å². The normalized spacial score (nSPS) is 12.4. The number of halogens is 2. The van der Waals surface area contributed by atoms with Crippen LogP contribution in [0.2, 0.25) is 0 Å². The molecular formula is C20H25Cl2N5O2. The highest BCUT2D eigenvalue weighted by molar-refractivity contribution is 5.85. The highest BCUT2D eigenvalue weighted by Gasteiger charge is 2.25. The molecule has 0 aliphatic rings. The number of nitrogens with one attached hydrogen (secondary N) is 1. The number of carbonyl (C=O) groups is 1. The van der Waals surface area contributed by atoms with Crippen LogP contribution in [0.3, 0.4) is 0 Å². The highest BCUT2D eigenvalue weighted by Crippen LogP contribution is 2.24. The van der Waals surface area contributed by atoms with Crippen LogP contribution in [0.4, 0.5) is 0 Å². The van der Waals surface area contributed by atoms with Gasteiger partial charge in [0.1, 0.15) is 6.04 Å². The summed E-state index contributed by atoms with van der Waals surface area (Å²) in [4.78, 5) is 21.0. The number of carbonyl (C=O) groups excluding carboxylic acids is 1. The van der Waals surface area contributed by atoms with Crippen molar-refractivity contribution < 1.29 is 9.32 Å². The molecule has 0 spiro atoms. The van der Waals surface area contributed by atoms with E-state index in [9.17, 15) is 4.79 Å². The molecule has 2 atom stereocenters. The number of hydrogen-bond donors (Lipinski definition) is 2. The van der Waals surface area contributed by atoms with Gasteiger partial charge in [0.15, 0.2) is 0 Å². The van der Waals surface area contributed by atoms with Gasteiger partial charge in [-0.05, 0) is 23.6 Å². The van der Waals surface area contributed by atoms with E-state index in [0.29, 0.717) is 11.7 Å². The van der Waals surface area contributed by atoms with E-state index >= 15 is 0 Å². The van der Waals surface area contributed by atoms with E-state index in [2.05, 4.69) is 20.4 Å². The molecule has 0 saturated carbocycles. The van der Waals surface area contributed by atoms with Crippen LogP contribution in [0.1, 0.15) is 43.8 Å². The molecule has 0 aliphatic carbocycles. The van der Waals surface area contributed by atoms with Gasteiger partial charge in [0.25, 0.3) is 0 Å². The fourth-order valence-corrected chi connectivity index (χ4v) is 2.74. The first kappa shape index (κ1) is 24.6. The largest absolute Gasteiger partial charge is 0.344 e. The lowest BCUT2D eigenvalue weighted by molar-refractivity contribution is -0.122. The van der Waals surface area contributed by atoms with E-state index in [4.69, 9.17) is 10.3 Å². The molecule has 1 amide bonds. The molecule has 2 aromatic heterocycles. The lowest BCUT2D eigenvalue weighted by Gasteiger charge is -2.20. The fourth-order valence-electron chi connectivity index (χ4n) is 2.74.